The number of carbonyl (C=O) groups is 1. The lowest BCUT2D eigenvalue weighted by Crippen LogP contribution is -2.17. The molecule has 0 aromatic carbocycles. The molecule has 0 unspecified atom stereocenters. The van der Waals surface area contributed by atoms with Gasteiger partial charge in [0.2, 0.25) is 11.9 Å². The van der Waals surface area contributed by atoms with Crippen molar-refractivity contribution in [2.45, 2.75) is 13.3 Å². The first-order valence-corrected chi connectivity index (χ1v) is 6.79. The number of hydrogen-bond acceptors (Lipinski definition) is 4. The molecule has 18 heavy (non-hydrogen) atoms. The van der Waals surface area contributed by atoms with Gasteiger partial charge in [0.25, 0.3) is 0 Å². The minimum atomic E-state index is 0.0516. The van der Waals surface area contributed by atoms with Crippen molar-refractivity contribution in [2.24, 2.45) is 18.9 Å². The quantitative estimate of drug-likeness (QED) is 0.922. The molecule has 1 N–H and O–H groups in total. The molecule has 0 saturated heterocycles. The van der Waals surface area contributed by atoms with Crippen molar-refractivity contribution in [2.75, 3.05) is 5.32 Å². The number of carbonyl (C=O) groups excluding carboxylic acids is 1. The average Bonchev–Trinajstić information content (AvgIpc) is 2.79. The lowest BCUT2D eigenvalue weighted by Gasteiger charge is -2.01. The Morgan fingerprint density at radius 3 is 3.00 bits per heavy atom. The SMILES string of the molecule is C[C@@H]1C[C@@H]1C(=O)Nc1nc(-c2cccs2)nn1C. The monoisotopic (exact) mass is 262 g/mol. The van der Waals surface area contributed by atoms with Gasteiger partial charge < -0.3 is 0 Å². The summed E-state index contributed by atoms with van der Waals surface area (Å²) < 4.78 is 1.61. The molecule has 2 aromatic heterocycles. The fourth-order valence-electron chi connectivity index (χ4n) is 1.89. The average molecular weight is 262 g/mol. The molecule has 2 aromatic rings. The molecular weight excluding hydrogens is 248 g/mol. The van der Waals surface area contributed by atoms with E-state index < -0.39 is 0 Å². The van der Waals surface area contributed by atoms with Gasteiger partial charge in [-0.3, -0.25) is 10.1 Å². The molecule has 0 aliphatic heterocycles. The zero-order chi connectivity index (χ0) is 12.7. The van der Waals surface area contributed by atoms with Gasteiger partial charge in [-0.05, 0) is 23.8 Å². The Morgan fingerprint density at radius 2 is 2.39 bits per heavy atom. The van der Waals surface area contributed by atoms with Crippen LogP contribution >= 0.6 is 11.3 Å². The van der Waals surface area contributed by atoms with Gasteiger partial charge in [-0.2, -0.15) is 4.98 Å². The third-order valence-electron chi connectivity index (χ3n) is 3.19. The van der Waals surface area contributed by atoms with E-state index >= 15 is 0 Å². The van der Waals surface area contributed by atoms with E-state index in [0.717, 1.165) is 11.3 Å². The predicted molar refractivity (Wildman–Crippen MR) is 70.2 cm³/mol. The minimum absolute atomic E-state index is 0.0516. The van der Waals surface area contributed by atoms with E-state index in [4.69, 9.17) is 0 Å². The zero-order valence-electron chi connectivity index (χ0n) is 10.3. The van der Waals surface area contributed by atoms with Crippen molar-refractivity contribution in [1.82, 2.24) is 14.8 Å². The molecule has 1 saturated carbocycles. The maximum atomic E-state index is 11.8. The fourth-order valence-corrected chi connectivity index (χ4v) is 2.55. The Kier molecular flexibility index (Phi) is 2.66. The molecule has 6 heteroatoms. The molecule has 3 rings (SSSR count). The highest BCUT2D eigenvalue weighted by atomic mass is 32.1. The number of nitrogens with one attached hydrogen (secondary N) is 1. The van der Waals surface area contributed by atoms with Crippen molar-refractivity contribution in [3.63, 3.8) is 0 Å². The summed E-state index contributed by atoms with van der Waals surface area (Å²) in [5.74, 6) is 1.87. The topological polar surface area (TPSA) is 59.8 Å². The van der Waals surface area contributed by atoms with Gasteiger partial charge in [-0.15, -0.1) is 16.4 Å². The van der Waals surface area contributed by atoms with E-state index in [-0.39, 0.29) is 11.8 Å². The molecule has 0 radical (unpaired) electrons. The smallest absolute Gasteiger partial charge is 0.230 e. The van der Waals surface area contributed by atoms with Gasteiger partial charge in [0.15, 0.2) is 5.82 Å². The number of anilines is 1. The van der Waals surface area contributed by atoms with E-state index in [1.54, 1.807) is 23.1 Å². The van der Waals surface area contributed by atoms with E-state index in [1.807, 2.05) is 17.5 Å². The second-order valence-electron chi connectivity index (χ2n) is 4.67. The molecule has 2 atom stereocenters. The standard InChI is InChI=1S/C12H14N4OS/c1-7-6-8(7)11(17)14-12-13-10(15-16(12)2)9-4-3-5-18-9/h3-5,7-8H,6H2,1-2H3,(H,13,14,15,17)/t7-,8+/m1/s1. The first-order chi connectivity index (χ1) is 8.65. The summed E-state index contributed by atoms with van der Waals surface area (Å²) in [6.07, 6.45) is 0.974. The van der Waals surface area contributed by atoms with Crippen LogP contribution in [0.3, 0.4) is 0 Å². The molecule has 1 aliphatic rings. The van der Waals surface area contributed by atoms with Gasteiger partial charge in [0.1, 0.15) is 0 Å². The van der Waals surface area contributed by atoms with Crippen molar-refractivity contribution < 1.29 is 4.79 Å². The van der Waals surface area contributed by atoms with E-state index in [9.17, 15) is 4.79 Å². The van der Waals surface area contributed by atoms with Crippen LogP contribution in [0, 0.1) is 11.8 Å². The normalized spacial score (nSPS) is 21.9. The van der Waals surface area contributed by atoms with Crippen LogP contribution in [-0.4, -0.2) is 20.7 Å². The van der Waals surface area contributed by atoms with Crippen LogP contribution in [0.1, 0.15) is 13.3 Å². The van der Waals surface area contributed by atoms with E-state index in [1.165, 1.54) is 0 Å². The highest BCUT2D eigenvalue weighted by Gasteiger charge is 2.39. The predicted octanol–water partition coefficient (Wildman–Crippen LogP) is 2.14. The number of aromatic nitrogens is 3. The van der Waals surface area contributed by atoms with Crippen LogP contribution in [0.25, 0.3) is 10.7 Å². The van der Waals surface area contributed by atoms with Gasteiger partial charge in [0.05, 0.1) is 4.88 Å². The summed E-state index contributed by atoms with van der Waals surface area (Å²) in [5, 5.41) is 9.13. The maximum Gasteiger partial charge on any atom is 0.230 e. The highest BCUT2D eigenvalue weighted by Crippen LogP contribution is 2.38. The largest absolute Gasteiger partial charge is 0.294 e. The summed E-state index contributed by atoms with van der Waals surface area (Å²) in [6.45, 7) is 2.08. The number of nitrogens with zero attached hydrogens (tertiary/aromatic N) is 3. The van der Waals surface area contributed by atoms with Crippen LogP contribution in [0.2, 0.25) is 0 Å². The summed E-state index contributed by atoms with van der Waals surface area (Å²) >= 11 is 1.58. The zero-order valence-corrected chi connectivity index (χ0v) is 11.1. The summed E-state index contributed by atoms with van der Waals surface area (Å²) in [7, 11) is 1.79. The second kappa shape index (κ2) is 4.20. The van der Waals surface area contributed by atoms with Crippen LogP contribution in [0.4, 0.5) is 5.95 Å². The Labute approximate surface area is 109 Å². The fraction of sp³-hybridized carbons (Fsp3) is 0.417. The molecule has 2 heterocycles. The first-order valence-electron chi connectivity index (χ1n) is 5.91. The van der Waals surface area contributed by atoms with Crippen molar-refractivity contribution in [1.29, 1.82) is 0 Å². The van der Waals surface area contributed by atoms with E-state index in [0.29, 0.717) is 17.7 Å². The lowest BCUT2D eigenvalue weighted by molar-refractivity contribution is -0.117. The van der Waals surface area contributed by atoms with Gasteiger partial charge >= 0.3 is 0 Å². The number of amides is 1. The first kappa shape index (κ1) is 11.4. The van der Waals surface area contributed by atoms with E-state index in [2.05, 4.69) is 22.3 Å². The molecule has 1 amide bonds. The highest BCUT2D eigenvalue weighted by molar-refractivity contribution is 7.13. The van der Waals surface area contributed by atoms with Crippen molar-refractivity contribution in [3.8, 4) is 10.7 Å². The Morgan fingerprint density at radius 1 is 1.61 bits per heavy atom. The number of aryl methyl sites for hydroxylation is 1. The second-order valence-corrected chi connectivity index (χ2v) is 5.62. The summed E-state index contributed by atoms with van der Waals surface area (Å²) in [4.78, 5) is 17.2. The molecular formula is C12H14N4OS. The third kappa shape index (κ3) is 2.03. The van der Waals surface area contributed by atoms with Crippen LogP contribution in [0.15, 0.2) is 17.5 Å². The maximum absolute atomic E-state index is 11.8. The number of thiophene rings is 1. The Hall–Kier alpha value is -1.69. The molecule has 0 spiro atoms. The molecule has 94 valence electrons. The van der Waals surface area contributed by atoms with Crippen molar-refractivity contribution >= 4 is 23.2 Å². The third-order valence-corrected chi connectivity index (χ3v) is 4.05. The van der Waals surface area contributed by atoms with Crippen molar-refractivity contribution in [3.05, 3.63) is 17.5 Å². The number of rotatable bonds is 3. The van der Waals surface area contributed by atoms with Gasteiger partial charge in [-0.25, -0.2) is 4.68 Å². The van der Waals surface area contributed by atoms with Gasteiger partial charge in [-0.1, -0.05) is 13.0 Å². The van der Waals surface area contributed by atoms with Gasteiger partial charge in [0, 0.05) is 13.0 Å². The Balaban J connectivity index is 1.79. The molecule has 1 aliphatic carbocycles. The Bertz CT molecular complexity index is 575. The van der Waals surface area contributed by atoms with Crippen LogP contribution in [0.5, 0.6) is 0 Å². The van der Waals surface area contributed by atoms with Crippen LogP contribution in [-0.2, 0) is 11.8 Å². The summed E-state index contributed by atoms with van der Waals surface area (Å²) in [6, 6.07) is 3.93. The number of hydrogen-bond donors (Lipinski definition) is 1. The molecule has 5 nitrogen and oxygen atoms in total. The van der Waals surface area contributed by atoms with Crippen LogP contribution < -0.4 is 5.32 Å². The minimum Gasteiger partial charge on any atom is -0.294 e. The summed E-state index contributed by atoms with van der Waals surface area (Å²) in [5.41, 5.74) is 0. The molecule has 1 fully saturated rings. The lowest BCUT2D eigenvalue weighted by atomic mass is 10.3. The molecule has 0 bridgehead atoms.